The van der Waals surface area contributed by atoms with E-state index in [2.05, 4.69) is 32.0 Å². The van der Waals surface area contributed by atoms with E-state index in [4.69, 9.17) is 0 Å². The van der Waals surface area contributed by atoms with Crippen LogP contribution in [0.15, 0.2) is 24.3 Å². The van der Waals surface area contributed by atoms with Gasteiger partial charge in [-0.15, -0.1) is 0 Å². The first kappa shape index (κ1) is 12.3. The molecule has 1 unspecified atom stereocenters. The molecule has 0 radical (unpaired) electrons. The Balaban J connectivity index is 2.93. The fourth-order valence-electron chi connectivity index (χ4n) is 1.86. The lowest BCUT2D eigenvalue weighted by molar-refractivity contribution is 0.593. The van der Waals surface area contributed by atoms with Gasteiger partial charge in [-0.25, -0.2) is 0 Å². The minimum atomic E-state index is 0.137. The van der Waals surface area contributed by atoms with Crippen LogP contribution in [-0.2, 0) is 22.3 Å². The minimum Gasteiger partial charge on any atom is -0.0652 e. The fourth-order valence-corrected chi connectivity index (χ4v) is 2.53. The standard InChI is InChI=1S/C13H19OS/c1-3-7-11-9-5-6-10-12(11)13(15-14)8-4-2/h5-6,9-10,13H,3-4,7-8H2,1-2H3/q+1. The molecule has 0 spiro atoms. The molecule has 2 heteroatoms. The van der Waals surface area contributed by atoms with Crippen molar-refractivity contribution in [3.63, 3.8) is 0 Å². The molecule has 1 aromatic carbocycles. The summed E-state index contributed by atoms with van der Waals surface area (Å²) in [7, 11) is 0. The monoisotopic (exact) mass is 223 g/mol. The highest BCUT2D eigenvalue weighted by molar-refractivity contribution is 7.65. The Morgan fingerprint density at radius 3 is 2.53 bits per heavy atom. The summed E-state index contributed by atoms with van der Waals surface area (Å²) in [5.41, 5.74) is 2.60. The van der Waals surface area contributed by atoms with E-state index < -0.39 is 0 Å². The summed E-state index contributed by atoms with van der Waals surface area (Å²) in [6, 6.07) is 8.36. The molecule has 0 saturated heterocycles. The van der Waals surface area contributed by atoms with Crippen LogP contribution in [0.1, 0.15) is 49.5 Å². The normalized spacial score (nSPS) is 12.4. The molecule has 0 aliphatic heterocycles. The second kappa shape index (κ2) is 6.67. The van der Waals surface area contributed by atoms with Crippen molar-refractivity contribution in [1.82, 2.24) is 0 Å². The average Bonchev–Trinajstić information content (AvgIpc) is 2.27. The lowest BCUT2D eigenvalue weighted by Gasteiger charge is -2.07. The first-order valence-electron chi connectivity index (χ1n) is 5.69. The lowest BCUT2D eigenvalue weighted by atomic mass is 9.98. The summed E-state index contributed by atoms with van der Waals surface area (Å²) in [6.45, 7) is 4.31. The van der Waals surface area contributed by atoms with Gasteiger partial charge in [0.2, 0.25) is 0 Å². The van der Waals surface area contributed by atoms with Gasteiger partial charge in [-0.1, -0.05) is 51.0 Å². The molecule has 0 fully saturated rings. The van der Waals surface area contributed by atoms with Gasteiger partial charge in [-0.05, 0) is 12.0 Å². The van der Waals surface area contributed by atoms with Crippen LogP contribution in [-0.4, -0.2) is 0 Å². The zero-order chi connectivity index (χ0) is 11.1. The Hall–Kier alpha value is -0.760. The first-order chi connectivity index (χ1) is 7.33. The predicted molar refractivity (Wildman–Crippen MR) is 66.1 cm³/mol. The number of hydrogen-bond acceptors (Lipinski definition) is 1. The highest BCUT2D eigenvalue weighted by atomic mass is 32.1. The van der Waals surface area contributed by atoms with E-state index >= 15 is 0 Å². The van der Waals surface area contributed by atoms with Crippen molar-refractivity contribution < 1.29 is 4.21 Å². The fraction of sp³-hybridized carbons (Fsp3) is 0.538. The summed E-state index contributed by atoms with van der Waals surface area (Å²) in [4.78, 5) is 0. The van der Waals surface area contributed by atoms with E-state index in [1.54, 1.807) is 0 Å². The largest absolute Gasteiger partial charge is 0.467 e. The summed E-state index contributed by atoms with van der Waals surface area (Å²) in [5.74, 6) is 0. The molecule has 0 bridgehead atoms. The molecule has 0 aromatic heterocycles. The molecule has 0 amide bonds. The van der Waals surface area contributed by atoms with Crippen molar-refractivity contribution in [3.05, 3.63) is 35.4 Å². The van der Waals surface area contributed by atoms with Gasteiger partial charge in [0.15, 0.2) is 0 Å². The summed E-state index contributed by atoms with van der Waals surface area (Å²) in [5, 5.41) is 0.137. The van der Waals surface area contributed by atoms with E-state index in [1.165, 1.54) is 11.1 Å². The molecule has 82 valence electrons. The van der Waals surface area contributed by atoms with Gasteiger partial charge in [0.1, 0.15) is 0 Å². The molecule has 0 aliphatic rings. The van der Waals surface area contributed by atoms with Crippen molar-refractivity contribution in [2.24, 2.45) is 0 Å². The topological polar surface area (TPSA) is 17.1 Å². The molecule has 0 N–H and O–H groups in total. The molecule has 1 atom stereocenters. The molecule has 15 heavy (non-hydrogen) atoms. The van der Waals surface area contributed by atoms with Gasteiger partial charge >= 0.3 is 11.7 Å². The van der Waals surface area contributed by atoms with Crippen molar-refractivity contribution in [2.45, 2.75) is 44.8 Å². The van der Waals surface area contributed by atoms with Crippen LogP contribution in [0.4, 0.5) is 0 Å². The third-order valence-electron chi connectivity index (χ3n) is 2.59. The van der Waals surface area contributed by atoms with Crippen LogP contribution in [0.3, 0.4) is 0 Å². The molecule has 1 nitrogen and oxygen atoms in total. The van der Waals surface area contributed by atoms with E-state index in [0.29, 0.717) is 0 Å². The van der Waals surface area contributed by atoms with Crippen LogP contribution in [0, 0.1) is 0 Å². The summed E-state index contributed by atoms with van der Waals surface area (Å²) >= 11 is 0.738. The molecular formula is C13H19OS+. The van der Waals surface area contributed by atoms with Crippen LogP contribution in [0.2, 0.25) is 0 Å². The molecule has 1 rings (SSSR count). The number of benzene rings is 1. The van der Waals surface area contributed by atoms with Crippen molar-refractivity contribution in [3.8, 4) is 0 Å². The van der Waals surface area contributed by atoms with E-state index in [9.17, 15) is 4.21 Å². The number of aryl methyl sites for hydroxylation is 1. The number of hydrogen-bond donors (Lipinski definition) is 0. The first-order valence-corrected chi connectivity index (χ1v) is 6.50. The van der Waals surface area contributed by atoms with Gasteiger partial charge < -0.3 is 0 Å². The van der Waals surface area contributed by atoms with Gasteiger partial charge in [-0.2, -0.15) is 0 Å². The van der Waals surface area contributed by atoms with Gasteiger partial charge in [0.25, 0.3) is 5.25 Å². The average molecular weight is 223 g/mol. The maximum atomic E-state index is 11.1. The molecule has 0 aliphatic carbocycles. The third-order valence-corrected chi connectivity index (χ3v) is 3.31. The van der Waals surface area contributed by atoms with Crippen LogP contribution < -0.4 is 0 Å². The Morgan fingerprint density at radius 1 is 1.20 bits per heavy atom. The quantitative estimate of drug-likeness (QED) is 0.668. The van der Waals surface area contributed by atoms with E-state index in [-0.39, 0.29) is 5.25 Å². The lowest BCUT2D eigenvalue weighted by Crippen LogP contribution is -2.01. The smallest absolute Gasteiger partial charge is 0.0652 e. The SMILES string of the molecule is CCCc1ccccc1C(CCC)[S+]=O. The Kier molecular flexibility index (Phi) is 5.48. The Labute approximate surface area is 96.4 Å². The molecule has 0 heterocycles. The zero-order valence-electron chi connectivity index (χ0n) is 9.53. The maximum absolute atomic E-state index is 11.1. The third kappa shape index (κ3) is 3.38. The minimum absolute atomic E-state index is 0.137. The number of rotatable bonds is 6. The predicted octanol–water partition coefficient (Wildman–Crippen LogP) is 3.91. The van der Waals surface area contributed by atoms with Crippen LogP contribution >= 0.6 is 0 Å². The summed E-state index contributed by atoms with van der Waals surface area (Å²) < 4.78 is 11.1. The summed E-state index contributed by atoms with van der Waals surface area (Å²) in [6.07, 6.45) is 4.27. The molecule has 0 saturated carbocycles. The van der Waals surface area contributed by atoms with Crippen LogP contribution in [0.5, 0.6) is 0 Å². The highest BCUT2D eigenvalue weighted by Crippen LogP contribution is 2.25. The van der Waals surface area contributed by atoms with Gasteiger partial charge in [0, 0.05) is 16.2 Å². The van der Waals surface area contributed by atoms with Crippen molar-refractivity contribution in [1.29, 1.82) is 0 Å². The Bertz CT molecular complexity index is 309. The molecule has 1 aromatic rings. The maximum Gasteiger partial charge on any atom is 0.467 e. The highest BCUT2D eigenvalue weighted by Gasteiger charge is 2.24. The second-order valence-electron chi connectivity index (χ2n) is 3.82. The Morgan fingerprint density at radius 2 is 1.93 bits per heavy atom. The van der Waals surface area contributed by atoms with Crippen molar-refractivity contribution in [2.75, 3.05) is 0 Å². The van der Waals surface area contributed by atoms with E-state index in [1.807, 2.05) is 6.07 Å². The molecular weight excluding hydrogens is 204 g/mol. The van der Waals surface area contributed by atoms with Crippen molar-refractivity contribution >= 4 is 11.7 Å². The zero-order valence-corrected chi connectivity index (χ0v) is 10.3. The second-order valence-corrected chi connectivity index (χ2v) is 4.58. The van der Waals surface area contributed by atoms with Gasteiger partial charge in [0.05, 0.1) is 0 Å². The van der Waals surface area contributed by atoms with Crippen LogP contribution in [0.25, 0.3) is 0 Å². The van der Waals surface area contributed by atoms with E-state index in [0.717, 1.165) is 37.3 Å². The van der Waals surface area contributed by atoms with Gasteiger partial charge in [-0.3, -0.25) is 0 Å².